The Morgan fingerprint density at radius 3 is 1.63 bits per heavy atom. The van der Waals surface area contributed by atoms with Crippen LogP contribution < -0.4 is 11.1 Å². The fourth-order valence-corrected chi connectivity index (χ4v) is 4.55. The number of anilines is 2. The zero-order valence-corrected chi connectivity index (χ0v) is 25.1. The van der Waals surface area contributed by atoms with E-state index in [0.717, 1.165) is 57.6 Å². The molecule has 0 aliphatic heterocycles. The van der Waals surface area contributed by atoms with E-state index in [1.807, 2.05) is 74.5 Å². The zero-order valence-electron chi connectivity index (χ0n) is 25.1. The van der Waals surface area contributed by atoms with E-state index in [-0.39, 0.29) is 23.8 Å². The van der Waals surface area contributed by atoms with Crippen LogP contribution in [0.3, 0.4) is 0 Å². The summed E-state index contributed by atoms with van der Waals surface area (Å²) >= 11 is 0. The molecule has 1 aliphatic carbocycles. The summed E-state index contributed by atoms with van der Waals surface area (Å²) in [6.07, 6.45) is 1.97. The monoisotopic (exact) mass is 578 g/mol. The predicted octanol–water partition coefficient (Wildman–Crippen LogP) is 7.61. The molecule has 1 aliphatic rings. The molecular formula is C36H38N2O5. The highest BCUT2D eigenvalue weighted by molar-refractivity contribution is 5.95. The number of carbonyl (C=O) groups is 3. The molecule has 0 atom stereocenters. The molecule has 0 unspecified atom stereocenters. The van der Waals surface area contributed by atoms with Gasteiger partial charge >= 0.3 is 11.9 Å². The molecule has 0 radical (unpaired) electrons. The molecular weight excluding hydrogens is 540 g/mol. The number of nitrogens with two attached hydrogens (primary N) is 1. The number of amides is 1. The average Bonchev–Trinajstić information content (AvgIpc) is 3.86. The van der Waals surface area contributed by atoms with Gasteiger partial charge in [-0.3, -0.25) is 4.79 Å². The maximum Gasteiger partial charge on any atom is 0.338 e. The second-order valence-corrected chi connectivity index (χ2v) is 10.5. The quantitative estimate of drug-likeness (QED) is 0.165. The van der Waals surface area contributed by atoms with Crippen LogP contribution in [-0.4, -0.2) is 31.1 Å². The highest BCUT2D eigenvalue weighted by Crippen LogP contribution is 2.32. The molecule has 1 saturated carbocycles. The first-order chi connectivity index (χ1) is 20.7. The van der Waals surface area contributed by atoms with Crippen LogP contribution in [0.2, 0.25) is 0 Å². The fraction of sp³-hybridized carbons (Fsp3) is 0.250. The van der Waals surface area contributed by atoms with Crippen molar-refractivity contribution >= 4 is 29.2 Å². The summed E-state index contributed by atoms with van der Waals surface area (Å²) in [7, 11) is 0. The molecule has 3 N–H and O–H groups in total. The molecule has 0 saturated heterocycles. The highest BCUT2D eigenvalue weighted by Gasteiger charge is 2.29. The van der Waals surface area contributed by atoms with E-state index in [1.54, 1.807) is 38.1 Å². The number of aryl methyl sites for hydroxylation is 2. The van der Waals surface area contributed by atoms with Crippen LogP contribution in [0.1, 0.15) is 58.5 Å². The minimum atomic E-state index is -0.314. The Hall–Kier alpha value is -4.91. The standard InChI is InChI=1S/C20H21NO3.C16H17NO2/c1-3-24-20(23)16-9-5-14(6-10-16)18-12-17(11-4-13(18)2)21-19(22)15-7-8-15;1-3-19-16(18)13-7-5-12(6-8-13)15-10-14(17)9-4-11(15)2/h4-6,9-12,15H,3,7-8H2,1-2H3,(H,21,22);4-10H,3,17H2,1-2H3. The predicted molar refractivity (Wildman–Crippen MR) is 171 cm³/mol. The van der Waals surface area contributed by atoms with E-state index in [9.17, 15) is 14.4 Å². The van der Waals surface area contributed by atoms with Gasteiger partial charge in [-0.1, -0.05) is 36.4 Å². The van der Waals surface area contributed by atoms with Crippen molar-refractivity contribution in [2.75, 3.05) is 24.3 Å². The van der Waals surface area contributed by atoms with Crippen LogP contribution in [0, 0.1) is 19.8 Å². The van der Waals surface area contributed by atoms with Gasteiger partial charge in [0.2, 0.25) is 5.91 Å². The first-order valence-electron chi connectivity index (χ1n) is 14.5. The minimum Gasteiger partial charge on any atom is -0.462 e. The number of carbonyl (C=O) groups excluding carboxylic acids is 3. The van der Waals surface area contributed by atoms with Crippen molar-refractivity contribution in [3.63, 3.8) is 0 Å². The van der Waals surface area contributed by atoms with Gasteiger partial charge in [0.15, 0.2) is 0 Å². The summed E-state index contributed by atoms with van der Waals surface area (Å²) in [6.45, 7) is 8.39. The smallest absolute Gasteiger partial charge is 0.338 e. The van der Waals surface area contributed by atoms with E-state index in [0.29, 0.717) is 24.3 Å². The number of hydrogen-bond acceptors (Lipinski definition) is 6. The summed E-state index contributed by atoms with van der Waals surface area (Å²) < 4.78 is 9.96. The molecule has 1 fully saturated rings. The van der Waals surface area contributed by atoms with E-state index in [4.69, 9.17) is 15.2 Å². The molecule has 4 aromatic carbocycles. The third-order valence-corrected chi connectivity index (χ3v) is 7.13. The van der Waals surface area contributed by atoms with Crippen molar-refractivity contribution in [1.29, 1.82) is 0 Å². The number of ether oxygens (including phenoxy) is 2. The lowest BCUT2D eigenvalue weighted by Gasteiger charge is -2.11. The van der Waals surface area contributed by atoms with Crippen LogP contribution in [0.25, 0.3) is 22.3 Å². The van der Waals surface area contributed by atoms with E-state index < -0.39 is 0 Å². The summed E-state index contributed by atoms with van der Waals surface area (Å²) in [5, 5.41) is 2.97. The lowest BCUT2D eigenvalue weighted by molar-refractivity contribution is -0.117. The maximum absolute atomic E-state index is 11.9. The van der Waals surface area contributed by atoms with E-state index in [1.165, 1.54) is 0 Å². The number of benzene rings is 4. The van der Waals surface area contributed by atoms with Crippen LogP contribution in [0.15, 0.2) is 84.9 Å². The van der Waals surface area contributed by atoms with E-state index >= 15 is 0 Å². The highest BCUT2D eigenvalue weighted by atomic mass is 16.5. The number of nitrogen functional groups attached to an aromatic ring is 1. The summed E-state index contributed by atoms with van der Waals surface area (Å²) in [4.78, 5) is 35.2. The van der Waals surface area contributed by atoms with Gasteiger partial charge in [-0.15, -0.1) is 0 Å². The lowest BCUT2D eigenvalue weighted by atomic mass is 9.98. The molecule has 0 aromatic heterocycles. The summed E-state index contributed by atoms with van der Waals surface area (Å²) in [5.74, 6) is -0.328. The molecule has 0 heterocycles. The van der Waals surface area contributed by atoms with Crippen LogP contribution >= 0.6 is 0 Å². The van der Waals surface area contributed by atoms with Gasteiger partial charge in [0, 0.05) is 17.3 Å². The Kier molecular flexibility index (Phi) is 10.3. The Morgan fingerprint density at radius 1 is 0.698 bits per heavy atom. The van der Waals surface area contributed by atoms with Crippen LogP contribution in [-0.2, 0) is 14.3 Å². The zero-order chi connectivity index (χ0) is 30.9. The molecule has 43 heavy (non-hydrogen) atoms. The number of nitrogens with one attached hydrogen (secondary N) is 1. The Bertz CT molecular complexity index is 1590. The van der Waals surface area contributed by atoms with Gasteiger partial charge in [-0.2, -0.15) is 0 Å². The number of rotatable bonds is 8. The largest absolute Gasteiger partial charge is 0.462 e. The van der Waals surface area contributed by atoms with Crippen molar-refractivity contribution in [1.82, 2.24) is 0 Å². The average molecular weight is 579 g/mol. The fourth-order valence-electron chi connectivity index (χ4n) is 4.55. The number of esters is 2. The molecule has 7 heteroatoms. The molecule has 1 amide bonds. The maximum atomic E-state index is 11.9. The molecule has 5 rings (SSSR count). The minimum absolute atomic E-state index is 0.0995. The van der Waals surface area contributed by atoms with Gasteiger partial charge in [-0.25, -0.2) is 9.59 Å². The van der Waals surface area contributed by atoms with Crippen molar-refractivity contribution in [3.8, 4) is 22.3 Å². The topological polar surface area (TPSA) is 108 Å². The molecule has 7 nitrogen and oxygen atoms in total. The van der Waals surface area contributed by atoms with Gasteiger partial charge in [-0.05, 0) is 122 Å². The lowest BCUT2D eigenvalue weighted by Crippen LogP contribution is -2.13. The third kappa shape index (κ3) is 8.32. The van der Waals surface area contributed by atoms with Crippen molar-refractivity contribution in [3.05, 3.63) is 107 Å². The van der Waals surface area contributed by atoms with Gasteiger partial charge in [0.05, 0.1) is 24.3 Å². The van der Waals surface area contributed by atoms with Crippen molar-refractivity contribution in [2.24, 2.45) is 5.92 Å². The molecule has 4 aromatic rings. The van der Waals surface area contributed by atoms with Gasteiger partial charge in [0.1, 0.15) is 0 Å². The van der Waals surface area contributed by atoms with Crippen LogP contribution in [0.5, 0.6) is 0 Å². The van der Waals surface area contributed by atoms with E-state index in [2.05, 4.69) is 5.32 Å². The SMILES string of the molecule is CCOC(=O)c1ccc(-c2cc(N)ccc2C)cc1.CCOC(=O)c1ccc(-c2cc(NC(=O)C3CC3)ccc2C)cc1. The Balaban J connectivity index is 0.000000203. The normalized spacial score (nSPS) is 12.0. The first-order valence-corrected chi connectivity index (χ1v) is 14.5. The molecule has 0 spiro atoms. The summed E-state index contributed by atoms with van der Waals surface area (Å²) in [6, 6.07) is 26.4. The Labute approximate surface area is 253 Å². The van der Waals surface area contributed by atoms with Gasteiger partial charge < -0.3 is 20.5 Å². The third-order valence-electron chi connectivity index (χ3n) is 7.13. The number of hydrogen-bond donors (Lipinski definition) is 2. The second-order valence-electron chi connectivity index (χ2n) is 10.5. The first kappa shape index (κ1) is 31.0. The molecule has 0 bridgehead atoms. The van der Waals surface area contributed by atoms with Gasteiger partial charge in [0.25, 0.3) is 0 Å². The van der Waals surface area contributed by atoms with Crippen LogP contribution in [0.4, 0.5) is 11.4 Å². The summed E-state index contributed by atoms with van der Waals surface area (Å²) in [5.41, 5.74) is 14.9. The van der Waals surface area contributed by atoms with Crippen molar-refractivity contribution in [2.45, 2.75) is 40.5 Å². The van der Waals surface area contributed by atoms with Crippen molar-refractivity contribution < 1.29 is 23.9 Å². The molecule has 222 valence electrons. The Morgan fingerprint density at radius 2 is 1.16 bits per heavy atom. The second kappa shape index (κ2) is 14.3.